The molecule has 1 fully saturated rings. The van der Waals surface area contributed by atoms with E-state index in [-0.39, 0.29) is 5.16 Å². The Morgan fingerprint density at radius 2 is 1.88 bits per heavy atom. The average molecular weight is 243 g/mol. The number of hydrogen-bond acceptors (Lipinski definition) is 4. The first-order chi connectivity index (χ1) is 7.48. The average Bonchev–Trinajstić information content (AvgIpc) is 2.61. The van der Waals surface area contributed by atoms with Gasteiger partial charge in [-0.15, -0.1) is 0 Å². The maximum absolute atomic E-state index is 11.4. The monoisotopic (exact) mass is 243 g/mol. The van der Waals surface area contributed by atoms with Gasteiger partial charge < -0.3 is 0 Å². The Kier molecular flexibility index (Phi) is 3.01. The Bertz CT molecular complexity index is 472. The Hall–Kier alpha value is -0.910. The van der Waals surface area contributed by atoms with Crippen LogP contribution >= 0.6 is 0 Å². The zero-order valence-electron chi connectivity index (χ0n) is 9.68. The van der Waals surface area contributed by atoms with E-state index in [2.05, 4.69) is 10.1 Å². The van der Waals surface area contributed by atoms with Gasteiger partial charge in [-0.05, 0) is 12.8 Å². The van der Waals surface area contributed by atoms with Crippen LogP contribution in [-0.4, -0.2) is 29.4 Å². The second-order valence-electron chi connectivity index (χ2n) is 4.48. The summed E-state index contributed by atoms with van der Waals surface area (Å²) < 4.78 is 24.2. The maximum Gasteiger partial charge on any atom is 0.245 e. The van der Waals surface area contributed by atoms with Crippen LogP contribution in [0.25, 0.3) is 0 Å². The Labute approximate surface area is 95.8 Å². The summed E-state index contributed by atoms with van der Waals surface area (Å²) in [7, 11) is -1.63. The van der Waals surface area contributed by atoms with E-state index in [4.69, 9.17) is 0 Å². The van der Waals surface area contributed by atoms with Gasteiger partial charge in [0.05, 0.1) is 0 Å². The molecule has 0 spiro atoms. The summed E-state index contributed by atoms with van der Waals surface area (Å²) in [5, 5.41) is 4.30. The lowest BCUT2D eigenvalue weighted by Gasteiger charge is -2.18. The van der Waals surface area contributed by atoms with E-state index in [1.54, 1.807) is 7.05 Å². The predicted octanol–water partition coefficient (Wildman–Crippen LogP) is 1.27. The quantitative estimate of drug-likeness (QED) is 0.784. The van der Waals surface area contributed by atoms with E-state index >= 15 is 0 Å². The molecule has 0 atom stereocenters. The first-order valence-corrected chi connectivity index (χ1v) is 7.48. The van der Waals surface area contributed by atoms with Crippen molar-refractivity contribution >= 4 is 9.84 Å². The lowest BCUT2D eigenvalue weighted by atomic mass is 9.89. The van der Waals surface area contributed by atoms with Crippen molar-refractivity contribution in [1.29, 1.82) is 0 Å². The summed E-state index contributed by atoms with van der Waals surface area (Å²) >= 11 is 0. The largest absolute Gasteiger partial charge is 0.245 e. The van der Waals surface area contributed by atoms with E-state index in [1.165, 1.54) is 30.2 Å². The van der Waals surface area contributed by atoms with E-state index in [0.717, 1.165) is 12.8 Å². The molecular weight excluding hydrogens is 226 g/mol. The molecule has 2 rings (SSSR count). The highest BCUT2D eigenvalue weighted by Gasteiger charge is 2.23. The van der Waals surface area contributed by atoms with Crippen molar-refractivity contribution in [3.8, 4) is 0 Å². The van der Waals surface area contributed by atoms with Crippen LogP contribution in [-0.2, 0) is 16.9 Å². The molecule has 0 aromatic carbocycles. The predicted molar refractivity (Wildman–Crippen MR) is 59.9 cm³/mol. The van der Waals surface area contributed by atoms with Crippen molar-refractivity contribution in [2.75, 3.05) is 6.26 Å². The van der Waals surface area contributed by atoms with Gasteiger partial charge in [0.15, 0.2) is 5.82 Å². The molecule has 1 aliphatic rings. The molecule has 0 saturated heterocycles. The fraction of sp³-hybridized carbons (Fsp3) is 0.800. The van der Waals surface area contributed by atoms with Gasteiger partial charge in [0.25, 0.3) is 0 Å². The van der Waals surface area contributed by atoms with Crippen molar-refractivity contribution in [3.05, 3.63) is 5.82 Å². The van der Waals surface area contributed by atoms with Crippen LogP contribution < -0.4 is 0 Å². The standard InChI is InChI=1S/C10H17N3O2S/c1-13-10(16(2,14)15)11-9(12-13)8-6-4-3-5-7-8/h8H,3-7H2,1-2H3. The Morgan fingerprint density at radius 3 is 2.38 bits per heavy atom. The molecule has 1 heterocycles. The lowest BCUT2D eigenvalue weighted by Crippen LogP contribution is -2.06. The zero-order chi connectivity index (χ0) is 11.8. The molecule has 0 radical (unpaired) electrons. The van der Waals surface area contributed by atoms with Crippen LogP contribution in [0.4, 0.5) is 0 Å². The van der Waals surface area contributed by atoms with Gasteiger partial charge in [0.2, 0.25) is 15.0 Å². The van der Waals surface area contributed by atoms with E-state index < -0.39 is 9.84 Å². The molecule has 1 aromatic rings. The molecule has 0 amide bonds. The highest BCUT2D eigenvalue weighted by Crippen LogP contribution is 2.30. The first kappa shape index (κ1) is 11.6. The van der Waals surface area contributed by atoms with Crippen LogP contribution in [0.1, 0.15) is 43.8 Å². The third-order valence-corrected chi connectivity index (χ3v) is 4.06. The smallest absolute Gasteiger partial charge is 0.239 e. The van der Waals surface area contributed by atoms with Crippen LogP contribution in [0.5, 0.6) is 0 Å². The van der Waals surface area contributed by atoms with Crippen LogP contribution in [0.15, 0.2) is 5.16 Å². The molecular formula is C10H17N3O2S. The fourth-order valence-electron chi connectivity index (χ4n) is 2.25. The summed E-state index contributed by atoms with van der Waals surface area (Å²) in [4.78, 5) is 4.17. The maximum atomic E-state index is 11.4. The Morgan fingerprint density at radius 1 is 1.25 bits per heavy atom. The number of aryl methyl sites for hydroxylation is 1. The number of hydrogen-bond donors (Lipinski definition) is 0. The van der Waals surface area contributed by atoms with Crippen LogP contribution in [0.3, 0.4) is 0 Å². The van der Waals surface area contributed by atoms with Gasteiger partial charge in [0, 0.05) is 19.2 Å². The highest BCUT2D eigenvalue weighted by atomic mass is 32.2. The van der Waals surface area contributed by atoms with Crippen molar-refractivity contribution in [1.82, 2.24) is 14.8 Å². The van der Waals surface area contributed by atoms with Crippen molar-refractivity contribution in [2.45, 2.75) is 43.2 Å². The van der Waals surface area contributed by atoms with Crippen molar-refractivity contribution < 1.29 is 8.42 Å². The normalized spacial score (nSPS) is 18.9. The summed E-state index contributed by atoms with van der Waals surface area (Å²) in [6, 6.07) is 0. The third-order valence-electron chi connectivity index (χ3n) is 3.04. The van der Waals surface area contributed by atoms with Gasteiger partial charge in [-0.25, -0.2) is 18.1 Å². The highest BCUT2D eigenvalue weighted by molar-refractivity contribution is 7.90. The molecule has 6 heteroatoms. The van der Waals surface area contributed by atoms with Gasteiger partial charge >= 0.3 is 0 Å². The summed E-state index contributed by atoms with van der Waals surface area (Å²) in [6.07, 6.45) is 6.97. The Balaban J connectivity index is 2.30. The van der Waals surface area contributed by atoms with Crippen molar-refractivity contribution in [3.63, 3.8) is 0 Å². The van der Waals surface area contributed by atoms with E-state index in [1.807, 2.05) is 0 Å². The summed E-state index contributed by atoms with van der Waals surface area (Å²) in [6.45, 7) is 0. The minimum absolute atomic E-state index is 0.0769. The molecule has 5 nitrogen and oxygen atoms in total. The SMILES string of the molecule is Cn1nc(C2CCCCC2)nc1S(C)(=O)=O. The van der Waals surface area contributed by atoms with Crippen molar-refractivity contribution in [2.24, 2.45) is 7.05 Å². The van der Waals surface area contributed by atoms with Crippen LogP contribution in [0, 0.1) is 0 Å². The number of sulfone groups is 1. The van der Waals surface area contributed by atoms with Crippen LogP contribution in [0.2, 0.25) is 0 Å². The molecule has 0 bridgehead atoms. The van der Waals surface area contributed by atoms with Gasteiger partial charge in [-0.3, -0.25) is 0 Å². The van der Waals surface area contributed by atoms with E-state index in [9.17, 15) is 8.42 Å². The summed E-state index contributed by atoms with van der Waals surface area (Å²) in [5.41, 5.74) is 0. The van der Waals surface area contributed by atoms with E-state index in [0.29, 0.717) is 11.7 Å². The molecule has 1 saturated carbocycles. The minimum atomic E-state index is -3.26. The molecule has 16 heavy (non-hydrogen) atoms. The fourth-order valence-corrected chi connectivity index (χ4v) is 3.03. The zero-order valence-corrected chi connectivity index (χ0v) is 10.5. The first-order valence-electron chi connectivity index (χ1n) is 5.59. The molecule has 0 unspecified atom stereocenters. The topological polar surface area (TPSA) is 64.8 Å². The number of nitrogens with zero attached hydrogens (tertiary/aromatic N) is 3. The molecule has 0 N–H and O–H groups in total. The second kappa shape index (κ2) is 4.16. The lowest BCUT2D eigenvalue weighted by molar-refractivity contribution is 0.427. The summed E-state index contributed by atoms with van der Waals surface area (Å²) in [5.74, 6) is 1.04. The molecule has 0 aliphatic heterocycles. The molecule has 90 valence electrons. The van der Waals surface area contributed by atoms with Gasteiger partial charge in [0.1, 0.15) is 0 Å². The molecule has 1 aliphatic carbocycles. The number of aromatic nitrogens is 3. The molecule has 1 aromatic heterocycles. The third kappa shape index (κ3) is 2.26. The van der Waals surface area contributed by atoms with Gasteiger partial charge in [-0.2, -0.15) is 5.10 Å². The second-order valence-corrected chi connectivity index (χ2v) is 6.39. The number of rotatable bonds is 2. The van der Waals surface area contributed by atoms with Gasteiger partial charge in [-0.1, -0.05) is 19.3 Å². The minimum Gasteiger partial charge on any atom is -0.239 e.